The van der Waals surface area contributed by atoms with Crippen LogP contribution in [0.5, 0.6) is 0 Å². The van der Waals surface area contributed by atoms with Crippen molar-refractivity contribution in [3.05, 3.63) is 64.8 Å². The summed E-state index contributed by atoms with van der Waals surface area (Å²) in [6.07, 6.45) is 2.28. The van der Waals surface area contributed by atoms with Crippen molar-refractivity contribution in [3.8, 4) is 11.3 Å². The first-order valence-electron chi connectivity index (χ1n) is 9.88. The SMILES string of the molecule is CN(C)S(=O)(=O)c1ccc(-c2csc(=Nc3ccccc3)n2C[C@H]2CCCO2)cc1. The summed E-state index contributed by atoms with van der Waals surface area (Å²) in [5.41, 5.74) is 2.87. The Balaban J connectivity index is 1.75. The van der Waals surface area contributed by atoms with E-state index in [1.54, 1.807) is 23.5 Å². The molecule has 0 amide bonds. The molecule has 0 N–H and O–H groups in total. The second kappa shape index (κ2) is 8.85. The molecular formula is C22H25N3O3S2. The summed E-state index contributed by atoms with van der Waals surface area (Å²) in [5.74, 6) is 0. The van der Waals surface area contributed by atoms with E-state index in [1.165, 1.54) is 18.4 Å². The number of ether oxygens (including phenoxy) is 1. The lowest BCUT2D eigenvalue weighted by atomic mass is 10.1. The maximum atomic E-state index is 12.4. The molecule has 4 rings (SSSR count). The van der Waals surface area contributed by atoms with Gasteiger partial charge in [-0.05, 0) is 42.7 Å². The average molecular weight is 444 g/mol. The third kappa shape index (κ3) is 4.41. The Kier molecular flexibility index (Phi) is 6.19. The Morgan fingerprint density at radius 3 is 2.50 bits per heavy atom. The molecule has 1 saturated heterocycles. The van der Waals surface area contributed by atoms with Gasteiger partial charge in [-0.2, -0.15) is 0 Å². The van der Waals surface area contributed by atoms with Crippen LogP contribution in [-0.4, -0.2) is 44.1 Å². The van der Waals surface area contributed by atoms with Crippen molar-refractivity contribution < 1.29 is 13.2 Å². The summed E-state index contributed by atoms with van der Waals surface area (Å²) in [5, 5.41) is 2.08. The van der Waals surface area contributed by atoms with E-state index in [1.807, 2.05) is 42.5 Å². The van der Waals surface area contributed by atoms with Crippen molar-refractivity contribution in [2.45, 2.75) is 30.4 Å². The second-order valence-corrected chi connectivity index (χ2v) is 10.4. The molecule has 30 heavy (non-hydrogen) atoms. The summed E-state index contributed by atoms with van der Waals surface area (Å²) < 4.78 is 34.0. The number of para-hydroxylation sites is 1. The number of hydrogen-bond acceptors (Lipinski definition) is 5. The molecule has 158 valence electrons. The number of benzene rings is 2. The highest BCUT2D eigenvalue weighted by atomic mass is 32.2. The van der Waals surface area contributed by atoms with Crippen molar-refractivity contribution in [3.63, 3.8) is 0 Å². The lowest BCUT2D eigenvalue weighted by Gasteiger charge is -2.15. The molecule has 2 heterocycles. The molecule has 0 aliphatic carbocycles. The Morgan fingerprint density at radius 2 is 1.87 bits per heavy atom. The number of aromatic nitrogens is 1. The fourth-order valence-electron chi connectivity index (χ4n) is 3.44. The first-order valence-corrected chi connectivity index (χ1v) is 12.2. The van der Waals surface area contributed by atoms with Crippen molar-refractivity contribution in [1.29, 1.82) is 0 Å². The van der Waals surface area contributed by atoms with Gasteiger partial charge in [0.05, 0.1) is 28.9 Å². The molecule has 0 bridgehead atoms. The van der Waals surface area contributed by atoms with Crippen molar-refractivity contribution in [2.75, 3.05) is 20.7 Å². The third-order valence-corrected chi connectivity index (χ3v) is 7.81. The molecule has 6 nitrogen and oxygen atoms in total. The molecule has 1 fully saturated rings. The Bertz CT molecular complexity index is 1160. The van der Waals surface area contributed by atoms with Crippen LogP contribution in [0.2, 0.25) is 0 Å². The third-order valence-electron chi connectivity index (χ3n) is 5.12. The molecular weight excluding hydrogens is 418 g/mol. The Hall–Kier alpha value is -2.26. The summed E-state index contributed by atoms with van der Waals surface area (Å²) >= 11 is 1.58. The van der Waals surface area contributed by atoms with Gasteiger partial charge in [-0.3, -0.25) is 0 Å². The van der Waals surface area contributed by atoms with E-state index in [0.29, 0.717) is 0 Å². The van der Waals surface area contributed by atoms with Gasteiger partial charge >= 0.3 is 0 Å². The monoisotopic (exact) mass is 443 g/mol. The minimum atomic E-state index is -3.45. The van der Waals surface area contributed by atoms with Gasteiger partial charge in [-0.15, -0.1) is 11.3 Å². The normalized spacial score (nSPS) is 17.7. The Labute approximate surface area is 181 Å². The molecule has 0 saturated carbocycles. The summed E-state index contributed by atoms with van der Waals surface area (Å²) in [6.45, 7) is 1.52. The average Bonchev–Trinajstić information content (AvgIpc) is 3.40. The van der Waals surface area contributed by atoms with Gasteiger partial charge in [0.15, 0.2) is 4.80 Å². The van der Waals surface area contributed by atoms with Crippen molar-refractivity contribution in [2.24, 2.45) is 4.99 Å². The smallest absolute Gasteiger partial charge is 0.242 e. The lowest BCUT2D eigenvalue weighted by Crippen LogP contribution is -2.24. The van der Waals surface area contributed by atoms with E-state index < -0.39 is 10.0 Å². The van der Waals surface area contributed by atoms with E-state index in [0.717, 1.165) is 47.7 Å². The number of nitrogens with zero attached hydrogens (tertiary/aromatic N) is 3. The van der Waals surface area contributed by atoms with Crippen LogP contribution in [0.25, 0.3) is 11.3 Å². The first-order chi connectivity index (χ1) is 14.4. The van der Waals surface area contributed by atoms with Crippen molar-refractivity contribution in [1.82, 2.24) is 8.87 Å². The van der Waals surface area contributed by atoms with E-state index in [2.05, 4.69) is 9.95 Å². The summed E-state index contributed by atoms with van der Waals surface area (Å²) in [7, 11) is -0.376. The van der Waals surface area contributed by atoms with Crippen molar-refractivity contribution >= 4 is 27.0 Å². The van der Waals surface area contributed by atoms with Gasteiger partial charge in [-0.25, -0.2) is 17.7 Å². The molecule has 1 aromatic heterocycles. The van der Waals surface area contributed by atoms with Crippen LogP contribution in [0.4, 0.5) is 5.69 Å². The molecule has 0 unspecified atom stereocenters. The topological polar surface area (TPSA) is 63.9 Å². The largest absolute Gasteiger partial charge is 0.376 e. The predicted molar refractivity (Wildman–Crippen MR) is 119 cm³/mol. The van der Waals surface area contributed by atoms with Crippen LogP contribution in [0.3, 0.4) is 0 Å². The van der Waals surface area contributed by atoms with E-state index in [9.17, 15) is 8.42 Å². The van der Waals surface area contributed by atoms with Crippen LogP contribution in [0.1, 0.15) is 12.8 Å². The number of thiazole rings is 1. The van der Waals surface area contributed by atoms with E-state index in [4.69, 9.17) is 9.73 Å². The highest BCUT2D eigenvalue weighted by molar-refractivity contribution is 7.89. The summed E-state index contributed by atoms with van der Waals surface area (Å²) in [6, 6.07) is 16.9. The van der Waals surface area contributed by atoms with Gasteiger partial charge in [0.25, 0.3) is 0 Å². The van der Waals surface area contributed by atoms with Gasteiger partial charge in [0, 0.05) is 26.1 Å². The predicted octanol–water partition coefficient (Wildman–Crippen LogP) is 3.88. The van der Waals surface area contributed by atoms with Gasteiger partial charge in [-0.1, -0.05) is 30.3 Å². The molecule has 2 aromatic carbocycles. The van der Waals surface area contributed by atoms with Gasteiger partial charge in [0.2, 0.25) is 10.0 Å². The van der Waals surface area contributed by atoms with Crippen LogP contribution in [0.15, 0.2) is 69.9 Å². The van der Waals surface area contributed by atoms with Gasteiger partial charge in [0.1, 0.15) is 0 Å². The number of hydrogen-bond donors (Lipinski definition) is 0. The zero-order chi connectivity index (χ0) is 21.1. The fraction of sp³-hybridized carbons (Fsp3) is 0.318. The highest BCUT2D eigenvalue weighted by Gasteiger charge is 2.20. The van der Waals surface area contributed by atoms with Gasteiger partial charge < -0.3 is 9.30 Å². The van der Waals surface area contributed by atoms with Crippen LogP contribution in [-0.2, 0) is 21.3 Å². The molecule has 1 aliphatic rings. The summed E-state index contributed by atoms with van der Waals surface area (Å²) in [4.78, 5) is 6.02. The molecule has 0 radical (unpaired) electrons. The maximum absolute atomic E-state index is 12.4. The molecule has 0 spiro atoms. The van der Waals surface area contributed by atoms with E-state index in [-0.39, 0.29) is 11.0 Å². The zero-order valence-corrected chi connectivity index (χ0v) is 18.7. The minimum absolute atomic E-state index is 0.168. The highest BCUT2D eigenvalue weighted by Crippen LogP contribution is 2.25. The van der Waals surface area contributed by atoms with E-state index >= 15 is 0 Å². The van der Waals surface area contributed by atoms with Crippen LogP contribution < -0.4 is 4.80 Å². The number of rotatable bonds is 6. The maximum Gasteiger partial charge on any atom is 0.242 e. The lowest BCUT2D eigenvalue weighted by molar-refractivity contribution is 0.0968. The second-order valence-electron chi connectivity index (χ2n) is 7.41. The molecule has 1 atom stereocenters. The minimum Gasteiger partial charge on any atom is -0.376 e. The zero-order valence-electron chi connectivity index (χ0n) is 17.1. The quantitative estimate of drug-likeness (QED) is 0.581. The number of sulfonamides is 1. The van der Waals surface area contributed by atoms with Crippen LogP contribution >= 0.6 is 11.3 Å². The fourth-order valence-corrected chi connectivity index (χ4v) is 5.28. The Morgan fingerprint density at radius 1 is 1.13 bits per heavy atom. The van der Waals surface area contributed by atoms with Crippen LogP contribution in [0, 0.1) is 0 Å². The molecule has 8 heteroatoms. The molecule has 3 aromatic rings. The molecule has 1 aliphatic heterocycles. The standard InChI is InChI=1S/C22H25N3O3S2/c1-24(2)30(26,27)20-12-10-17(11-13-20)21-16-29-22(23-18-7-4-3-5-8-18)25(21)15-19-9-6-14-28-19/h3-5,7-8,10-13,16,19H,6,9,14-15H2,1-2H3/t19-/m1/s1. The first kappa shape index (κ1) is 21.0.